The van der Waals surface area contributed by atoms with Crippen molar-refractivity contribution < 1.29 is 22.0 Å². The van der Waals surface area contributed by atoms with E-state index in [0.29, 0.717) is 6.20 Å². The lowest BCUT2D eigenvalue weighted by Crippen LogP contribution is -2.15. The van der Waals surface area contributed by atoms with Gasteiger partial charge in [0, 0.05) is 17.1 Å². The Morgan fingerprint density at radius 2 is 2.00 bits per heavy atom. The van der Waals surface area contributed by atoms with Crippen LogP contribution < -0.4 is 0 Å². The van der Waals surface area contributed by atoms with Crippen molar-refractivity contribution in [1.82, 2.24) is 4.98 Å². The number of nitriles is 1. The molecular formula is C9H4BrF5N2. The first-order valence-electron chi connectivity index (χ1n) is 4.16. The highest BCUT2D eigenvalue weighted by Gasteiger charge is 2.39. The average molecular weight is 315 g/mol. The molecule has 0 aliphatic carbocycles. The van der Waals surface area contributed by atoms with Crippen molar-refractivity contribution in [3.05, 3.63) is 28.6 Å². The smallest absolute Gasteiger partial charge is 0.244 e. The van der Waals surface area contributed by atoms with E-state index < -0.39 is 40.3 Å². The van der Waals surface area contributed by atoms with Crippen LogP contribution >= 0.6 is 15.9 Å². The van der Waals surface area contributed by atoms with Gasteiger partial charge in [0.2, 0.25) is 0 Å². The summed E-state index contributed by atoms with van der Waals surface area (Å²) in [5, 5.41) is 8.08. The van der Waals surface area contributed by atoms with Gasteiger partial charge in [-0.15, -0.1) is 0 Å². The third-order valence-corrected chi connectivity index (χ3v) is 2.54. The summed E-state index contributed by atoms with van der Waals surface area (Å²) in [7, 11) is 0. The lowest BCUT2D eigenvalue weighted by molar-refractivity contribution is -0.138. The quantitative estimate of drug-likeness (QED) is 0.615. The van der Waals surface area contributed by atoms with Gasteiger partial charge in [-0.3, -0.25) is 0 Å². The van der Waals surface area contributed by atoms with E-state index in [1.807, 2.05) is 0 Å². The Morgan fingerprint density at radius 3 is 2.35 bits per heavy atom. The fourth-order valence-corrected chi connectivity index (χ4v) is 1.89. The molecule has 17 heavy (non-hydrogen) atoms. The molecule has 0 radical (unpaired) electrons. The minimum absolute atomic E-state index is 0.432. The number of aromatic nitrogens is 1. The van der Waals surface area contributed by atoms with E-state index >= 15 is 0 Å². The van der Waals surface area contributed by atoms with E-state index in [9.17, 15) is 22.0 Å². The summed E-state index contributed by atoms with van der Waals surface area (Å²) >= 11 is 2.71. The van der Waals surface area contributed by atoms with Gasteiger partial charge in [0.05, 0.1) is 5.56 Å². The van der Waals surface area contributed by atoms with Gasteiger partial charge in [0.1, 0.15) is 6.07 Å². The Morgan fingerprint density at radius 1 is 1.41 bits per heavy atom. The number of hydrogen-bond acceptors (Lipinski definition) is 2. The maximum atomic E-state index is 12.7. The molecule has 0 aliphatic heterocycles. The van der Waals surface area contributed by atoms with Crippen LogP contribution in [0.4, 0.5) is 22.0 Å². The molecule has 2 nitrogen and oxygen atoms in total. The van der Waals surface area contributed by atoms with Crippen molar-refractivity contribution in [2.24, 2.45) is 0 Å². The summed E-state index contributed by atoms with van der Waals surface area (Å²) in [4.78, 5) is 3.11. The van der Waals surface area contributed by atoms with E-state index in [2.05, 4.69) is 20.9 Å². The summed E-state index contributed by atoms with van der Waals surface area (Å²) in [6, 6.07) is 1.25. The molecule has 0 fully saturated rings. The number of pyridine rings is 1. The van der Waals surface area contributed by atoms with Crippen molar-refractivity contribution in [1.29, 1.82) is 5.26 Å². The van der Waals surface area contributed by atoms with Gasteiger partial charge in [0.15, 0.2) is 5.69 Å². The minimum Gasteiger partial charge on any atom is -0.244 e. The lowest BCUT2D eigenvalue weighted by Gasteiger charge is -2.15. The second-order valence-corrected chi connectivity index (χ2v) is 3.52. The van der Waals surface area contributed by atoms with Crippen LogP contribution in [0.2, 0.25) is 0 Å². The third kappa shape index (κ3) is 2.72. The highest BCUT2D eigenvalue weighted by atomic mass is 79.9. The Kier molecular flexibility index (Phi) is 4.03. The van der Waals surface area contributed by atoms with Crippen LogP contribution in [0.25, 0.3) is 0 Å². The van der Waals surface area contributed by atoms with Gasteiger partial charge in [-0.25, -0.2) is 13.8 Å². The van der Waals surface area contributed by atoms with Gasteiger partial charge < -0.3 is 0 Å². The number of nitrogens with zero attached hydrogens (tertiary/aromatic N) is 2. The Labute approximate surface area is 101 Å². The molecule has 1 aromatic heterocycles. The summed E-state index contributed by atoms with van der Waals surface area (Å²) in [6.45, 7) is 0. The molecule has 0 amide bonds. The SMILES string of the molecule is N#Cc1ncc(C(F)F)c(CBr)c1C(F)(F)F. The second-order valence-electron chi connectivity index (χ2n) is 2.96. The van der Waals surface area contributed by atoms with Crippen LogP contribution in [0.3, 0.4) is 0 Å². The van der Waals surface area contributed by atoms with Crippen LogP contribution in [0, 0.1) is 11.3 Å². The molecule has 0 spiro atoms. The molecule has 0 aromatic carbocycles. The number of alkyl halides is 6. The standard InChI is InChI=1S/C9H4BrF5N2/c10-1-4-5(8(11)12)3-17-6(2-16)7(4)9(13,14)15/h3,8H,1H2. The monoisotopic (exact) mass is 314 g/mol. The highest BCUT2D eigenvalue weighted by Crippen LogP contribution is 2.38. The van der Waals surface area contributed by atoms with E-state index in [0.717, 1.165) is 0 Å². The Hall–Kier alpha value is -1.23. The maximum absolute atomic E-state index is 12.7. The van der Waals surface area contributed by atoms with Gasteiger partial charge in [-0.05, 0) is 5.56 Å². The van der Waals surface area contributed by atoms with Crippen LogP contribution in [0.15, 0.2) is 6.20 Å². The summed E-state index contributed by atoms with van der Waals surface area (Å²) in [5.74, 6) is 0. The van der Waals surface area contributed by atoms with Gasteiger partial charge in [0.25, 0.3) is 6.43 Å². The molecule has 0 saturated heterocycles. The highest BCUT2D eigenvalue weighted by molar-refractivity contribution is 9.08. The predicted octanol–water partition coefficient (Wildman–Crippen LogP) is 3.80. The zero-order valence-electron chi connectivity index (χ0n) is 8.02. The van der Waals surface area contributed by atoms with Crippen molar-refractivity contribution in [3.8, 4) is 6.07 Å². The van der Waals surface area contributed by atoms with Gasteiger partial charge >= 0.3 is 6.18 Å². The average Bonchev–Trinajstić information content (AvgIpc) is 2.25. The largest absolute Gasteiger partial charge is 0.419 e. The lowest BCUT2D eigenvalue weighted by atomic mass is 10.0. The first-order chi connectivity index (χ1) is 7.82. The number of hydrogen-bond donors (Lipinski definition) is 0. The second kappa shape index (κ2) is 4.96. The molecule has 0 saturated carbocycles. The van der Waals surface area contributed by atoms with Crippen molar-refractivity contribution in [2.75, 3.05) is 0 Å². The molecule has 8 heteroatoms. The van der Waals surface area contributed by atoms with Crippen molar-refractivity contribution >= 4 is 15.9 Å². The summed E-state index contributed by atoms with van der Waals surface area (Å²) in [6.07, 6.45) is -7.38. The van der Waals surface area contributed by atoms with E-state index in [1.54, 1.807) is 0 Å². The molecular weight excluding hydrogens is 311 g/mol. The third-order valence-electron chi connectivity index (χ3n) is 1.98. The molecule has 0 bridgehead atoms. The van der Waals surface area contributed by atoms with Crippen molar-refractivity contribution in [2.45, 2.75) is 17.9 Å². The van der Waals surface area contributed by atoms with E-state index in [4.69, 9.17) is 5.26 Å². The number of halogens is 6. The maximum Gasteiger partial charge on any atom is 0.419 e. The molecule has 0 aliphatic rings. The molecule has 1 rings (SSSR count). The van der Waals surface area contributed by atoms with Crippen LogP contribution in [0.1, 0.15) is 28.8 Å². The normalized spacial score (nSPS) is 11.6. The molecule has 92 valence electrons. The fourth-order valence-electron chi connectivity index (χ4n) is 1.29. The van der Waals surface area contributed by atoms with Crippen LogP contribution in [-0.2, 0) is 11.5 Å². The Balaban J connectivity index is 3.63. The molecule has 0 atom stereocenters. The first-order valence-corrected chi connectivity index (χ1v) is 5.28. The van der Waals surface area contributed by atoms with E-state index in [1.165, 1.54) is 6.07 Å². The van der Waals surface area contributed by atoms with Gasteiger partial charge in [-0.2, -0.15) is 18.4 Å². The molecule has 0 unspecified atom stereocenters. The first kappa shape index (κ1) is 13.8. The molecule has 0 N–H and O–H groups in total. The van der Waals surface area contributed by atoms with Crippen LogP contribution in [0.5, 0.6) is 0 Å². The summed E-state index contributed by atoms with van der Waals surface area (Å²) < 4.78 is 63.0. The predicted molar refractivity (Wildman–Crippen MR) is 51.5 cm³/mol. The van der Waals surface area contributed by atoms with Crippen LogP contribution in [-0.4, -0.2) is 4.98 Å². The zero-order chi connectivity index (χ0) is 13.2. The Bertz CT molecular complexity index is 464. The molecule has 1 aromatic rings. The zero-order valence-corrected chi connectivity index (χ0v) is 9.61. The summed E-state index contributed by atoms with van der Waals surface area (Å²) in [5.41, 5.74) is -3.79. The van der Waals surface area contributed by atoms with E-state index in [-0.39, 0.29) is 0 Å². The van der Waals surface area contributed by atoms with Crippen molar-refractivity contribution in [3.63, 3.8) is 0 Å². The fraction of sp³-hybridized carbons (Fsp3) is 0.333. The topological polar surface area (TPSA) is 36.7 Å². The van der Waals surface area contributed by atoms with Gasteiger partial charge in [-0.1, -0.05) is 15.9 Å². The number of rotatable bonds is 2. The molecule has 1 heterocycles. The minimum atomic E-state index is -4.90.